The second-order valence-electron chi connectivity index (χ2n) is 4.22. The van der Waals surface area contributed by atoms with Crippen LogP contribution < -0.4 is 11.1 Å². The minimum atomic E-state index is -0.0693. The van der Waals surface area contributed by atoms with Crippen molar-refractivity contribution in [2.75, 3.05) is 5.32 Å². The van der Waals surface area contributed by atoms with Gasteiger partial charge in [-0.25, -0.2) is 0 Å². The molecule has 0 bridgehead atoms. The number of aromatic nitrogens is 2. The lowest BCUT2D eigenvalue weighted by molar-refractivity contribution is -0.116. The van der Waals surface area contributed by atoms with Crippen molar-refractivity contribution < 1.29 is 4.79 Å². The maximum atomic E-state index is 11.5. The molecule has 0 aliphatic carbocycles. The number of hydrogen-bond acceptors (Lipinski definition) is 3. The van der Waals surface area contributed by atoms with E-state index in [9.17, 15) is 4.79 Å². The fraction of sp³-hybridized carbons (Fsp3) is 0.636. The molecule has 0 spiro atoms. The van der Waals surface area contributed by atoms with Crippen LogP contribution in [0.4, 0.5) is 5.69 Å². The summed E-state index contributed by atoms with van der Waals surface area (Å²) in [5.41, 5.74) is 6.42. The predicted molar refractivity (Wildman–Crippen MR) is 64.1 cm³/mol. The Bertz CT molecular complexity index is 346. The van der Waals surface area contributed by atoms with Gasteiger partial charge in [-0.1, -0.05) is 6.92 Å². The van der Waals surface area contributed by atoms with E-state index in [4.69, 9.17) is 5.73 Å². The van der Waals surface area contributed by atoms with Gasteiger partial charge in [-0.2, -0.15) is 5.10 Å². The first kappa shape index (κ1) is 12.7. The molecule has 5 nitrogen and oxygen atoms in total. The Labute approximate surface area is 96.0 Å². The third-order valence-electron chi connectivity index (χ3n) is 2.39. The first-order chi connectivity index (χ1) is 7.52. The van der Waals surface area contributed by atoms with Crippen molar-refractivity contribution in [3.63, 3.8) is 0 Å². The van der Waals surface area contributed by atoms with Crippen LogP contribution in [0, 0.1) is 0 Å². The van der Waals surface area contributed by atoms with Crippen molar-refractivity contribution in [3.05, 3.63) is 12.4 Å². The highest BCUT2D eigenvalue weighted by atomic mass is 16.1. The summed E-state index contributed by atoms with van der Waals surface area (Å²) in [7, 11) is 0. The molecule has 0 saturated heterocycles. The molecule has 1 unspecified atom stereocenters. The topological polar surface area (TPSA) is 72.9 Å². The molecule has 0 saturated carbocycles. The average molecular weight is 224 g/mol. The SMILES string of the molecule is CCC(N)CC(=O)Nc1cnn(C(C)C)c1. The maximum absolute atomic E-state index is 11.5. The fourth-order valence-corrected chi connectivity index (χ4v) is 1.28. The Morgan fingerprint density at radius 1 is 1.62 bits per heavy atom. The number of carbonyl (C=O) groups is 1. The van der Waals surface area contributed by atoms with Gasteiger partial charge >= 0.3 is 0 Å². The van der Waals surface area contributed by atoms with Crippen LogP contribution in [0.25, 0.3) is 0 Å². The minimum absolute atomic E-state index is 0.0577. The zero-order valence-corrected chi connectivity index (χ0v) is 10.1. The molecule has 0 aromatic carbocycles. The fourth-order valence-electron chi connectivity index (χ4n) is 1.28. The van der Waals surface area contributed by atoms with Crippen LogP contribution in [0.3, 0.4) is 0 Å². The second-order valence-corrected chi connectivity index (χ2v) is 4.22. The van der Waals surface area contributed by atoms with Gasteiger partial charge in [0.05, 0.1) is 11.9 Å². The first-order valence-electron chi connectivity index (χ1n) is 5.62. The molecule has 1 heterocycles. The van der Waals surface area contributed by atoms with Gasteiger partial charge in [0.25, 0.3) is 0 Å². The van der Waals surface area contributed by atoms with Crippen LogP contribution in [0.1, 0.15) is 39.7 Å². The monoisotopic (exact) mass is 224 g/mol. The Kier molecular flexibility index (Phi) is 4.49. The number of hydrogen-bond donors (Lipinski definition) is 2. The number of anilines is 1. The normalized spacial score (nSPS) is 12.8. The molecule has 1 amide bonds. The highest BCUT2D eigenvalue weighted by molar-refractivity contribution is 5.90. The second kappa shape index (κ2) is 5.65. The predicted octanol–water partition coefficient (Wildman–Crippen LogP) is 1.53. The van der Waals surface area contributed by atoms with Crippen molar-refractivity contribution in [2.24, 2.45) is 5.73 Å². The summed E-state index contributed by atoms with van der Waals surface area (Å²) in [6.45, 7) is 6.03. The van der Waals surface area contributed by atoms with Crippen LogP contribution in [0.2, 0.25) is 0 Å². The summed E-state index contributed by atoms with van der Waals surface area (Å²) in [5.74, 6) is -0.0577. The summed E-state index contributed by atoms with van der Waals surface area (Å²) in [4.78, 5) is 11.5. The van der Waals surface area contributed by atoms with Crippen LogP contribution in [0.5, 0.6) is 0 Å². The van der Waals surface area contributed by atoms with E-state index in [0.29, 0.717) is 12.5 Å². The zero-order valence-electron chi connectivity index (χ0n) is 10.1. The number of carbonyl (C=O) groups excluding carboxylic acids is 1. The van der Waals surface area contributed by atoms with E-state index in [1.54, 1.807) is 10.9 Å². The van der Waals surface area contributed by atoms with Gasteiger partial charge < -0.3 is 11.1 Å². The molecule has 0 fully saturated rings. The molecule has 1 rings (SSSR count). The average Bonchev–Trinajstić information content (AvgIpc) is 2.65. The summed E-state index contributed by atoms with van der Waals surface area (Å²) < 4.78 is 1.80. The van der Waals surface area contributed by atoms with Crippen molar-refractivity contribution in [1.29, 1.82) is 0 Å². The summed E-state index contributed by atoms with van der Waals surface area (Å²) in [6, 6.07) is 0.226. The van der Waals surface area contributed by atoms with E-state index < -0.39 is 0 Å². The van der Waals surface area contributed by atoms with E-state index in [1.807, 2.05) is 27.0 Å². The number of nitrogens with one attached hydrogen (secondary N) is 1. The van der Waals surface area contributed by atoms with Crippen molar-refractivity contribution >= 4 is 11.6 Å². The number of rotatable bonds is 5. The Hall–Kier alpha value is -1.36. The molecule has 16 heavy (non-hydrogen) atoms. The van der Waals surface area contributed by atoms with E-state index in [1.165, 1.54) is 0 Å². The third kappa shape index (κ3) is 3.66. The van der Waals surface area contributed by atoms with Crippen molar-refractivity contribution in [3.8, 4) is 0 Å². The molecule has 0 aliphatic rings. The first-order valence-corrected chi connectivity index (χ1v) is 5.62. The quantitative estimate of drug-likeness (QED) is 0.796. The third-order valence-corrected chi connectivity index (χ3v) is 2.39. The van der Waals surface area contributed by atoms with Crippen LogP contribution in [-0.2, 0) is 4.79 Å². The van der Waals surface area contributed by atoms with Crippen LogP contribution >= 0.6 is 0 Å². The standard InChI is InChI=1S/C11H20N4O/c1-4-9(12)5-11(16)14-10-6-13-15(7-10)8(2)3/h6-9H,4-5,12H2,1-3H3,(H,14,16). The highest BCUT2D eigenvalue weighted by Gasteiger charge is 2.09. The molecule has 1 atom stereocenters. The van der Waals surface area contributed by atoms with Gasteiger partial charge in [-0.15, -0.1) is 0 Å². The zero-order chi connectivity index (χ0) is 12.1. The summed E-state index contributed by atoms with van der Waals surface area (Å²) in [5, 5.41) is 6.92. The molecule has 90 valence electrons. The Balaban J connectivity index is 2.50. The smallest absolute Gasteiger partial charge is 0.226 e. The summed E-state index contributed by atoms with van der Waals surface area (Å²) >= 11 is 0. The lowest BCUT2D eigenvalue weighted by atomic mass is 10.1. The molecule has 1 aromatic rings. The molecular weight excluding hydrogens is 204 g/mol. The maximum Gasteiger partial charge on any atom is 0.226 e. The van der Waals surface area contributed by atoms with E-state index >= 15 is 0 Å². The van der Waals surface area contributed by atoms with E-state index in [0.717, 1.165) is 12.1 Å². The number of amides is 1. The highest BCUT2D eigenvalue weighted by Crippen LogP contribution is 2.10. The lowest BCUT2D eigenvalue weighted by Crippen LogP contribution is -2.26. The molecule has 0 radical (unpaired) electrons. The molecule has 5 heteroatoms. The van der Waals surface area contributed by atoms with E-state index in [-0.39, 0.29) is 11.9 Å². The largest absolute Gasteiger partial charge is 0.327 e. The van der Waals surface area contributed by atoms with Gasteiger partial charge in [0.2, 0.25) is 5.91 Å². The van der Waals surface area contributed by atoms with Gasteiger partial charge in [0.1, 0.15) is 0 Å². The molecule has 0 aliphatic heterocycles. The molecular formula is C11H20N4O. The number of nitrogens with zero attached hydrogens (tertiary/aromatic N) is 2. The van der Waals surface area contributed by atoms with Crippen molar-refractivity contribution in [1.82, 2.24) is 9.78 Å². The van der Waals surface area contributed by atoms with Gasteiger partial charge in [0.15, 0.2) is 0 Å². The van der Waals surface area contributed by atoms with Gasteiger partial charge in [0, 0.05) is 24.7 Å². The lowest BCUT2D eigenvalue weighted by Gasteiger charge is -2.08. The Morgan fingerprint density at radius 2 is 2.31 bits per heavy atom. The molecule has 1 aromatic heterocycles. The van der Waals surface area contributed by atoms with E-state index in [2.05, 4.69) is 10.4 Å². The molecule has 3 N–H and O–H groups in total. The van der Waals surface area contributed by atoms with Crippen LogP contribution in [-0.4, -0.2) is 21.7 Å². The van der Waals surface area contributed by atoms with Gasteiger partial charge in [-0.05, 0) is 20.3 Å². The van der Waals surface area contributed by atoms with Crippen LogP contribution in [0.15, 0.2) is 12.4 Å². The van der Waals surface area contributed by atoms with Gasteiger partial charge in [-0.3, -0.25) is 9.48 Å². The van der Waals surface area contributed by atoms with Crippen molar-refractivity contribution in [2.45, 2.75) is 45.7 Å². The Morgan fingerprint density at radius 3 is 2.81 bits per heavy atom. The number of nitrogens with two attached hydrogens (primary N) is 1. The minimum Gasteiger partial charge on any atom is -0.327 e. The summed E-state index contributed by atoms with van der Waals surface area (Å²) in [6.07, 6.45) is 4.62.